The second-order valence-electron chi connectivity index (χ2n) is 6.50. The number of aliphatic hydroxyl groups excluding tert-OH is 1. The van der Waals surface area contributed by atoms with Crippen LogP contribution in [0.1, 0.15) is 37.8 Å². The number of carbonyl (C=O) groups excluding carboxylic acids is 1. The van der Waals surface area contributed by atoms with Gasteiger partial charge in [0, 0.05) is 5.92 Å². The summed E-state index contributed by atoms with van der Waals surface area (Å²) in [5, 5.41) is 19.5. The van der Waals surface area contributed by atoms with Crippen LogP contribution in [0.3, 0.4) is 0 Å². The number of aromatic carboxylic acids is 1. The highest BCUT2D eigenvalue weighted by Gasteiger charge is 2.49. The van der Waals surface area contributed by atoms with Gasteiger partial charge in [0.1, 0.15) is 12.2 Å². The van der Waals surface area contributed by atoms with Gasteiger partial charge in [0.2, 0.25) is 0 Å². The Kier molecular flexibility index (Phi) is 5.10. The third-order valence-corrected chi connectivity index (χ3v) is 4.92. The van der Waals surface area contributed by atoms with E-state index in [0.29, 0.717) is 11.1 Å². The van der Waals surface area contributed by atoms with Crippen molar-refractivity contribution in [3.05, 3.63) is 82.9 Å². The first kappa shape index (κ1) is 18.8. The number of esters is 1. The van der Waals surface area contributed by atoms with Crippen molar-refractivity contribution in [1.82, 2.24) is 0 Å². The first-order valence-electron chi connectivity index (χ1n) is 8.42. The van der Waals surface area contributed by atoms with E-state index in [1.807, 2.05) is 0 Å². The lowest BCUT2D eigenvalue weighted by Crippen LogP contribution is -2.31. The lowest BCUT2D eigenvalue weighted by Gasteiger charge is -2.24. The first-order chi connectivity index (χ1) is 12.8. The van der Waals surface area contributed by atoms with Crippen molar-refractivity contribution in [3.8, 4) is 0 Å². The van der Waals surface area contributed by atoms with Gasteiger partial charge in [-0.25, -0.2) is 14.0 Å². The maximum absolute atomic E-state index is 14.7. The zero-order valence-electron chi connectivity index (χ0n) is 14.6. The smallest absolute Gasteiger partial charge is 0.338 e. The van der Waals surface area contributed by atoms with Crippen LogP contribution in [0.2, 0.25) is 0 Å². The molecule has 1 aliphatic rings. The minimum atomic E-state index is -1.86. The summed E-state index contributed by atoms with van der Waals surface area (Å²) in [5.74, 6) is -2.68. The molecule has 1 fully saturated rings. The van der Waals surface area contributed by atoms with Crippen molar-refractivity contribution < 1.29 is 28.9 Å². The topological polar surface area (TPSA) is 83.8 Å². The molecule has 0 radical (unpaired) electrons. The molecule has 2 aromatic carbocycles. The highest BCUT2D eigenvalue weighted by molar-refractivity contribution is 5.90. The van der Waals surface area contributed by atoms with Crippen LogP contribution < -0.4 is 0 Å². The molecule has 4 atom stereocenters. The van der Waals surface area contributed by atoms with Gasteiger partial charge in [0.15, 0.2) is 6.17 Å². The van der Waals surface area contributed by atoms with Gasteiger partial charge in [-0.1, -0.05) is 36.9 Å². The number of carboxylic acid groups (broad SMARTS) is 1. The van der Waals surface area contributed by atoms with Crippen molar-refractivity contribution in [2.45, 2.75) is 31.2 Å². The Morgan fingerprint density at radius 3 is 2.41 bits per heavy atom. The summed E-state index contributed by atoms with van der Waals surface area (Å²) >= 11 is 0. The van der Waals surface area contributed by atoms with Gasteiger partial charge in [0.05, 0.1) is 11.1 Å². The third kappa shape index (κ3) is 3.36. The summed E-state index contributed by atoms with van der Waals surface area (Å²) in [6.45, 7) is 5.36. The fraction of sp³-hybridized carbons (Fsp3) is 0.238. The Bertz CT molecular complexity index is 893. The summed E-state index contributed by atoms with van der Waals surface area (Å²) in [5.41, 5.74) is 1.35. The highest BCUT2D eigenvalue weighted by Crippen LogP contribution is 2.44. The molecule has 0 unspecified atom stereocenters. The third-order valence-electron chi connectivity index (χ3n) is 4.92. The summed E-state index contributed by atoms with van der Waals surface area (Å²) in [6, 6.07) is 12.7. The van der Waals surface area contributed by atoms with Gasteiger partial charge in [-0.05, 0) is 41.8 Å². The van der Waals surface area contributed by atoms with E-state index in [4.69, 9.17) is 4.74 Å². The molecule has 5 nitrogen and oxygen atoms in total. The van der Waals surface area contributed by atoms with E-state index in [1.54, 1.807) is 43.3 Å². The van der Waals surface area contributed by atoms with Gasteiger partial charge in [-0.3, -0.25) is 0 Å². The van der Waals surface area contributed by atoms with Crippen LogP contribution in [0, 0.1) is 6.92 Å². The van der Waals surface area contributed by atoms with E-state index < -0.39 is 36.2 Å². The molecule has 2 aromatic rings. The highest BCUT2D eigenvalue weighted by atomic mass is 19.1. The van der Waals surface area contributed by atoms with Gasteiger partial charge in [-0.15, -0.1) is 0 Å². The molecule has 6 heteroatoms. The monoisotopic (exact) mass is 370 g/mol. The molecule has 1 aliphatic carbocycles. The molecule has 2 N–H and O–H groups in total. The summed E-state index contributed by atoms with van der Waals surface area (Å²) in [6.07, 6.45) is -4.66. The van der Waals surface area contributed by atoms with E-state index in [2.05, 4.69) is 6.58 Å². The number of carbonyl (C=O) groups is 2. The number of carboxylic acids is 1. The second-order valence-corrected chi connectivity index (χ2v) is 6.50. The van der Waals surface area contributed by atoms with Gasteiger partial charge in [-0.2, -0.15) is 0 Å². The average Bonchev–Trinajstić information content (AvgIpc) is 2.86. The van der Waals surface area contributed by atoms with Crippen LogP contribution in [0.4, 0.5) is 4.39 Å². The quantitative estimate of drug-likeness (QED) is 0.637. The molecule has 27 heavy (non-hydrogen) atoms. The molecule has 3 rings (SSSR count). The van der Waals surface area contributed by atoms with E-state index in [9.17, 15) is 24.2 Å². The number of hydrogen-bond donors (Lipinski definition) is 2. The molecule has 0 aliphatic heterocycles. The maximum Gasteiger partial charge on any atom is 0.338 e. The van der Waals surface area contributed by atoms with Crippen molar-refractivity contribution in [2.24, 2.45) is 0 Å². The molecule has 1 saturated carbocycles. The van der Waals surface area contributed by atoms with Crippen LogP contribution in [0.5, 0.6) is 0 Å². The number of benzene rings is 2. The van der Waals surface area contributed by atoms with E-state index >= 15 is 0 Å². The fourth-order valence-electron chi connectivity index (χ4n) is 3.46. The summed E-state index contributed by atoms with van der Waals surface area (Å²) in [4.78, 5) is 23.8. The molecule has 0 saturated heterocycles. The minimum Gasteiger partial charge on any atom is -0.478 e. The number of alkyl halides is 1. The van der Waals surface area contributed by atoms with Crippen molar-refractivity contribution in [2.75, 3.05) is 0 Å². The molecule has 0 aromatic heterocycles. The van der Waals surface area contributed by atoms with Crippen LogP contribution >= 0.6 is 0 Å². The zero-order valence-corrected chi connectivity index (χ0v) is 14.6. The minimum absolute atomic E-state index is 0.0604. The van der Waals surface area contributed by atoms with E-state index in [0.717, 1.165) is 0 Å². The Hall–Kier alpha value is -2.99. The number of rotatable bonds is 4. The van der Waals surface area contributed by atoms with Crippen LogP contribution in [-0.4, -0.2) is 40.5 Å². The Labute approximate surface area is 155 Å². The largest absolute Gasteiger partial charge is 0.478 e. The molecule has 0 bridgehead atoms. The van der Waals surface area contributed by atoms with Gasteiger partial charge < -0.3 is 14.9 Å². The van der Waals surface area contributed by atoms with E-state index in [1.165, 1.54) is 12.1 Å². The zero-order chi connectivity index (χ0) is 19.7. The number of hydrogen-bond acceptors (Lipinski definition) is 4. The number of ether oxygens (including phenoxy) is 1. The van der Waals surface area contributed by atoms with E-state index in [-0.39, 0.29) is 16.7 Å². The van der Waals surface area contributed by atoms with Crippen molar-refractivity contribution >= 4 is 11.9 Å². The fourth-order valence-corrected chi connectivity index (χ4v) is 3.46. The standard InChI is InChI=1S/C21H19FO5/c1-11-14(9-6-10-15(11)20(24)25)16-12(2)18(23)17(22)19(16)27-21(26)13-7-4-3-5-8-13/h3-10,16-19,23H,2H2,1H3,(H,24,25)/t16-,17+,18+,19+/m0/s1. The molecule has 0 spiro atoms. The normalized spacial score (nSPS) is 24.6. The van der Waals surface area contributed by atoms with Crippen molar-refractivity contribution in [1.29, 1.82) is 0 Å². The van der Waals surface area contributed by atoms with Crippen LogP contribution in [-0.2, 0) is 4.74 Å². The molecular weight excluding hydrogens is 351 g/mol. The Morgan fingerprint density at radius 1 is 1.11 bits per heavy atom. The maximum atomic E-state index is 14.7. The lowest BCUT2D eigenvalue weighted by atomic mass is 9.87. The summed E-state index contributed by atoms with van der Waals surface area (Å²) < 4.78 is 20.1. The Balaban J connectivity index is 1.99. The van der Waals surface area contributed by atoms with Gasteiger partial charge >= 0.3 is 11.9 Å². The SMILES string of the molecule is C=C1[C@@H](O)[C@@H](F)[C@H](OC(=O)c2ccccc2)[C@@H]1c1cccc(C(=O)O)c1C. The predicted molar refractivity (Wildman–Crippen MR) is 96.6 cm³/mol. The first-order valence-corrected chi connectivity index (χ1v) is 8.42. The van der Waals surface area contributed by atoms with Crippen molar-refractivity contribution in [3.63, 3.8) is 0 Å². The molecule has 140 valence electrons. The summed E-state index contributed by atoms with van der Waals surface area (Å²) in [7, 11) is 0. The number of aliphatic hydroxyl groups is 1. The molecule has 0 amide bonds. The average molecular weight is 370 g/mol. The van der Waals surface area contributed by atoms with Crippen LogP contribution in [0.25, 0.3) is 0 Å². The molecular formula is C21H19FO5. The Morgan fingerprint density at radius 2 is 1.78 bits per heavy atom. The molecule has 0 heterocycles. The predicted octanol–water partition coefficient (Wildman–Crippen LogP) is 3.27. The second kappa shape index (κ2) is 7.32. The van der Waals surface area contributed by atoms with Gasteiger partial charge in [0.25, 0.3) is 0 Å². The number of halogens is 1. The van der Waals surface area contributed by atoms with Crippen LogP contribution in [0.15, 0.2) is 60.7 Å². The lowest BCUT2D eigenvalue weighted by molar-refractivity contribution is -0.00544.